The van der Waals surface area contributed by atoms with Crippen LogP contribution in [-0.4, -0.2) is 16.3 Å². The van der Waals surface area contributed by atoms with Crippen molar-refractivity contribution in [3.05, 3.63) is 24.5 Å². The van der Waals surface area contributed by atoms with E-state index in [4.69, 9.17) is 0 Å². The third kappa shape index (κ3) is 3.88. The maximum atomic E-state index is 4.13. The molecule has 3 heteroatoms. The van der Waals surface area contributed by atoms with Gasteiger partial charge in [0.2, 0.25) is 0 Å². The fraction of sp³-hybridized carbons (Fsp3) is 0.583. The minimum Gasteiger partial charge on any atom is -0.312 e. The zero-order chi connectivity index (χ0) is 11.3. The Morgan fingerprint density at radius 3 is 2.87 bits per heavy atom. The standard InChI is InChI=1S/C12H21N3/c1-5-12(3,4)10-13-7-11-8-14-15(6-2)9-11/h6,8-9,13H,2,5,7,10H2,1,3-4H3. The number of rotatable bonds is 6. The molecule has 0 fully saturated rings. The van der Waals surface area contributed by atoms with E-state index in [1.165, 1.54) is 12.0 Å². The summed E-state index contributed by atoms with van der Waals surface area (Å²) in [6, 6.07) is 0. The van der Waals surface area contributed by atoms with Crippen molar-refractivity contribution in [1.29, 1.82) is 0 Å². The summed E-state index contributed by atoms with van der Waals surface area (Å²) in [5, 5.41) is 7.57. The van der Waals surface area contributed by atoms with E-state index in [1.807, 2.05) is 12.4 Å². The SMILES string of the molecule is C=Cn1cc(CNCC(C)(C)CC)cn1. The van der Waals surface area contributed by atoms with Crippen molar-refractivity contribution in [3.8, 4) is 0 Å². The Morgan fingerprint density at radius 2 is 2.33 bits per heavy atom. The van der Waals surface area contributed by atoms with Gasteiger partial charge in [-0.3, -0.25) is 0 Å². The summed E-state index contributed by atoms with van der Waals surface area (Å²) < 4.78 is 1.72. The Balaban J connectivity index is 2.34. The number of nitrogens with zero attached hydrogens (tertiary/aromatic N) is 2. The fourth-order valence-electron chi connectivity index (χ4n) is 1.24. The average molecular weight is 207 g/mol. The minimum atomic E-state index is 0.369. The van der Waals surface area contributed by atoms with Crippen molar-refractivity contribution in [1.82, 2.24) is 15.1 Å². The van der Waals surface area contributed by atoms with E-state index in [0.717, 1.165) is 13.1 Å². The molecule has 0 amide bonds. The lowest BCUT2D eigenvalue weighted by atomic mass is 9.90. The molecule has 0 radical (unpaired) electrons. The molecule has 0 saturated heterocycles. The summed E-state index contributed by atoms with van der Waals surface area (Å²) >= 11 is 0. The van der Waals surface area contributed by atoms with Gasteiger partial charge in [-0.1, -0.05) is 27.4 Å². The molecule has 0 aliphatic carbocycles. The molecule has 1 aromatic rings. The quantitative estimate of drug-likeness (QED) is 0.776. The lowest BCUT2D eigenvalue weighted by molar-refractivity contribution is 0.327. The highest BCUT2D eigenvalue weighted by Crippen LogP contribution is 2.17. The first-order valence-corrected chi connectivity index (χ1v) is 5.44. The van der Waals surface area contributed by atoms with Gasteiger partial charge in [0.1, 0.15) is 0 Å². The Kier molecular flexibility index (Phi) is 4.09. The second-order valence-electron chi connectivity index (χ2n) is 4.63. The van der Waals surface area contributed by atoms with Gasteiger partial charge in [-0.25, -0.2) is 4.68 Å². The van der Waals surface area contributed by atoms with E-state index in [9.17, 15) is 0 Å². The smallest absolute Gasteiger partial charge is 0.0538 e. The average Bonchev–Trinajstić information content (AvgIpc) is 2.66. The van der Waals surface area contributed by atoms with Crippen LogP contribution in [0.2, 0.25) is 0 Å². The number of nitrogens with one attached hydrogen (secondary N) is 1. The Labute approximate surface area is 92.2 Å². The monoisotopic (exact) mass is 207 g/mol. The molecule has 0 aliphatic heterocycles. The number of hydrogen-bond acceptors (Lipinski definition) is 2. The molecular weight excluding hydrogens is 186 g/mol. The van der Waals surface area contributed by atoms with Gasteiger partial charge in [-0.2, -0.15) is 5.10 Å². The van der Waals surface area contributed by atoms with E-state index >= 15 is 0 Å². The first-order valence-electron chi connectivity index (χ1n) is 5.44. The van der Waals surface area contributed by atoms with Gasteiger partial charge in [-0.05, 0) is 11.8 Å². The second kappa shape index (κ2) is 5.12. The molecule has 1 aromatic heterocycles. The highest BCUT2D eigenvalue weighted by atomic mass is 15.2. The predicted octanol–water partition coefficient (Wildman–Crippen LogP) is 2.51. The lowest BCUT2D eigenvalue weighted by Crippen LogP contribution is -2.28. The highest BCUT2D eigenvalue weighted by Gasteiger charge is 2.13. The van der Waals surface area contributed by atoms with Crippen LogP contribution in [0.15, 0.2) is 19.0 Å². The summed E-state index contributed by atoms with van der Waals surface area (Å²) in [7, 11) is 0. The summed E-state index contributed by atoms with van der Waals surface area (Å²) in [4.78, 5) is 0. The van der Waals surface area contributed by atoms with E-state index in [-0.39, 0.29) is 0 Å². The molecule has 84 valence electrons. The summed E-state index contributed by atoms with van der Waals surface area (Å²) in [5.74, 6) is 0. The maximum Gasteiger partial charge on any atom is 0.0538 e. The van der Waals surface area contributed by atoms with Crippen LogP contribution in [-0.2, 0) is 6.54 Å². The molecule has 1 N–H and O–H groups in total. The Hall–Kier alpha value is -1.09. The van der Waals surface area contributed by atoms with Crippen LogP contribution >= 0.6 is 0 Å². The molecule has 0 aromatic carbocycles. The van der Waals surface area contributed by atoms with E-state index < -0.39 is 0 Å². The molecule has 0 bridgehead atoms. The molecule has 0 unspecified atom stereocenters. The van der Waals surface area contributed by atoms with Crippen molar-refractivity contribution in [2.24, 2.45) is 5.41 Å². The van der Waals surface area contributed by atoms with Crippen LogP contribution < -0.4 is 5.32 Å². The predicted molar refractivity (Wildman–Crippen MR) is 64.4 cm³/mol. The van der Waals surface area contributed by atoms with Crippen molar-refractivity contribution in [2.75, 3.05) is 6.54 Å². The van der Waals surface area contributed by atoms with Gasteiger partial charge >= 0.3 is 0 Å². The molecular formula is C12H21N3. The van der Waals surface area contributed by atoms with Gasteiger partial charge in [0.05, 0.1) is 6.20 Å². The normalized spacial score (nSPS) is 11.7. The van der Waals surface area contributed by atoms with Crippen molar-refractivity contribution in [3.63, 3.8) is 0 Å². The van der Waals surface area contributed by atoms with Gasteiger partial charge < -0.3 is 5.32 Å². The van der Waals surface area contributed by atoms with Gasteiger partial charge in [0.25, 0.3) is 0 Å². The molecule has 0 aliphatic rings. The second-order valence-corrected chi connectivity index (χ2v) is 4.63. The van der Waals surface area contributed by atoms with Gasteiger partial charge in [0.15, 0.2) is 0 Å². The minimum absolute atomic E-state index is 0.369. The fourth-order valence-corrected chi connectivity index (χ4v) is 1.24. The van der Waals surface area contributed by atoms with Crippen LogP contribution in [0.1, 0.15) is 32.8 Å². The summed E-state index contributed by atoms with van der Waals surface area (Å²) in [5.41, 5.74) is 1.57. The molecule has 0 atom stereocenters. The Bertz CT molecular complexity index is 312. The first kappa shape index (κ1) is 12.0. The summed E-state index contributed by atoms with van der Waals surface area (Å²) in [6.07, 6.45) is 6.73. The van der Waals surface area contributed by atoms with Crippen LogP contribution in [0.3, 0.4) is 0 Å². The highest BCUT2D eigenvalue weighted by molar-refractivity contribution is 5.17. The molecule has 0 spiro atoms. The zero-order valence-corrected chi connectivity index (χ0v) is 9.95. The van der Waals surface area contributed by atoms with E-state index in [2.05, 4.69) is 37.8 Å². The number of hydrogen-bond donors (Lipinski definition) is 1. The number of aromatic nitrogens is 2. The topological polar surface area (TPSA) is 29.9 Å². The van der Waals surface area contributed by atoms with Crippen LogP contribution in [0.4, 0.5) is 0 Å². The van der Waals surface area contributed by atoms with Crippen LogP contribution in [0, 0.1) is 5.41 Å². The molecule has 3 nitrogen and oxygen atoms in total. The molecule has 15 heavy (non-hydrogen) atoms. The zero-order valence-electron chi connectivity index (χ0n) is 9.95. The van der Waals surface area contributed by atoms with Crippen molar-refractivity contribution >= 4 is 6.20 Å². The third-order valence-electron chi connectivity index (χ3n) is 2.73. The summed E-state index contributed by atoms with van der Waals surface area (Å²) in [6.45, 7) is 12.3. The third-order valence-corrected chi connectivity index (χ3v) is 2.73. The van der Waals surface area contributed by atoms with E-state index in [1.54, 1.807) is 10.9 Å². The molecule has 1 rings (SSSR count). The lowest BCUT2D eigenvalue weighted by Gasteiger charge is -2.22. The largest absolute Gasteiger partial charge is 0.312 e. The molecule has 1 heterocycles. The van der Waals surface area contributed by atoms with Gasteiger partial charge in [0, 0.05) is 31.0 Å². The van der Waals surface area contributed by atoms with Crippen molar-refractivity contribution in [2.45, 2.75) is 33.7 Å². The van der Waals surface area contributed by atoms with Crippen LogP contribution in [0.25, 0.3) is 6.20 Å². The maximum absolute atomic E-state index is 4.13. The Morgan fingerprint density at radius 1 is 1.60 bits per heavy atom. The molecule has 0 saturated carbocycles. The van der Waals surface area contributed by atoms with Gasteiger partial charge in [-0.15, -0.1) is 0 Å². The van der Waals surface area contributed by atoms with Crippen molar-refractivity contribution < 1.29 is 0 Å². The van der Waals surface area contributed by atoms with Crippen LogP contribution in [0.5, 0.6) is 0 Å². The first-order chi connectivity index (χ1) is 7.07. The van der Waals surface area contributed by atoms with E-state index in [0.29, 0.717) is 5.41 Å².